The molecule has 1 aliphatic heterocycles. The van der Waals surface area contributed by atoms with Gasteiger partial charge in [-0.15, -0.1) is 0 Å². The van der Waals surface area contributed by atoms with Crippen molar-refractivity contribution in [2.75, 3.05) is 24.6 Å². The summed E-state index contributed by atoms with van der Waals surface area (Å²) in [5.74, 6) is -0.196. The lowest BCUT2D eigenvalue weighted by Gasteiger charge is -2.31. The predicted molar refractivity (Wildman–Crippen MR) is 66.7 cm³/mol. The molecule has 1 aliphatic rings. The molecule has 0 bridgehead atoms. The smallest absolute Gasteiger partial charge is 0.146 e. The Bertz CT molecular complexity index is 372. The number of para-hydroxylation sites is 1. The number of rotatable bonds is 2. The molecule has 4 heteroatoms. The number of hydrogen-bond donors (Lipinski definition) is 2. The van der Waals surface area contributed by atoms with Gasteiger partial charge in [0.25, 0.3) is 0 Å². The molecule has 0 saturated carbocycles. The zero-order chi connectivity index (χ0) is 12.3. The average Bonchev–Trinajstić information content (AvgIpc) is 2.52. The van der Waals surface area contributed by atoms with Crippen molar-refractivity contribution in [2.45, 2.75) is 25.4 Å². The fourth-order valence-electron chi connectivity index (χ4n) is 2.28. The van der Waals surface area contributed by atoms with E-state index in [0.717, 1.165) is 13.0 Å². The molecule has 1 aromatic rings. The van der Waals surface area contributed by atoms with Gasteiger partial charge in [-0.3, -0.25) is 0 Å². The number of aliphatic hydroxyl groups excluding tert-OH is 1. The molecule has 0 spiro atoms. The van der Waals surface area contributed by atoms with Crippen LogP contribution in [-0.2, 0) is 0 Å². The van der Waals surface area contributed by atoms with E-state index >= 15 is 0 Å². The molecule has 2 unspecified atom stereocenters. The monoisotopic (exact) mass is 238 g/mol. The Labute approximate surface area is 101 Å². The largest absolute Gasteiger partial charge is 0.395 e. The molecule has 0 aliphatic carbocycles. The maximum atomic E-state index is 13.8. The first-order valence-electron chi connectivity index (χ1n) is 6.07. The summed E-state index contributed by atoms with van der Waals surface area (Å²) in [5, 5.41) is 12.5. The lowest BCUT2D eigenvalue weighted by molar-refractivity contribution is 0.248. The van der Waals surface area contributed by atoms with Crippen LogP contribution in [0.1, 0.15) is 13.3 Å². The zero-order valence-electron chi connectivity index (χ0n) is 10.1. The topological polar surface area (TPSA) is 35.5 Å². The van der Waals surface area contributed by atoms with Crippen molar-refractivity contribution in [2.24, 2.45) is 0 Å². The van der Waals surface area contributed by atoms with Crippen LogP contribution in [0.25, 0.3) is 0 Å². The van der Waals surface area contributed by atoms with Crippen LogP contribution in [0, 0.1) is 5.82 Å². The quantitative estimate of drug-likeness (QED) is 0.817. The highest BCUT2D eigenvalue weighted by atomic mass is 19.1. The first-order valence-corrected chi connectivity index (χ1v) is 6.07. The molecule has 2 atom stereocenters. The van der Waals surface area contributed by atoms with Crippen molar-refractivity contribution in [3.63, 3.8) is 0 Å². The van der Waals surface area contributed by atoms with E-state index < -0.39 is 0 Å². The molecule has 0 radical (unpaired) electrons. The second-order valence-electron chi connectivity index (χ2n) is 4.58. The van der Waals surface area contributed by atoms with Crippen molar-refractivity contribution in [3.05, 3.63) is 30.1 Å². The van der Waals surface area contributed by atoms with Crippen LogP contribution in [0.5, 0.6) is 0 Å². The molecular weight excluding hydrogens is 219 g/mol. The molecule has 2 rings (SSSR count). The molecule has 17 heavy (non-hydrogen) atoms. The van der Waals surface area contributed by atoms with Crippen molar-refractivity contribution in [1.82, 2.24) is 5.32 Å². The molecule has 0 aromatic heterocycles. The third kappa shape index (κ3) is 2.76. The number of hydrogen-bond acceptors (Lipinski definition) is 3. The van der Waals surface area contributed by atoms with Crippen LogP contribution in [0.15, 0.2) is 24.3 Å². The molecule has 1 heterocycles. The third-order valence-electron chi connectivity index (χ3n) is 3.33. The zero-order valence-corrected chi connectivity index (χ0v) is 10.1. The Kier molecular flexibility index (Phi) is 3.97. The molecule has 94 valence electrons. The first kappa shape index (κ1) is 12.3. The minimum atomic E-state index is -0.196. The van der Waals surface area contributed by atoms with Crippen LogP contribution < -0.4 is 10.2 Å². The summed E-state index contributed by atoms with van der Waals surface area (Å²) in [4.78, 5) is 2.04. The van der Waals surface area contributed by atoms with Gasteiger partial charge in [0.1, 0.15) is 5.82 Å². The Morgan fingerprint density at radius 3 is 2.94 bits per heavy atom. The second-order valence-corrected chi connectivity index (χ2v) is 4.58. The standard InChI is InChI=1S/C13H19FN2O/c1-10-6-7-15-11(9-17)8-16(10)13-5-3-2-4-12(13)14/h2-5,10-11,15,17H,6-9H2,1H3. The van der Waals surface area contributed by atoms with Crippen molar-refractivity contribution >= 4 is 5.69 Å². The lowest BCUT2D eigenvalue weighted by atomic mass is 10.1. The van der Waals surface area contributed by atoms with Gasteiger partial charge in [0.2, 0.25) is 0 Å². The number of halogens is 1. The van der Waals surface area contributed by atoms with Gasteiger partial charge in [-0.05, 0) is 32.0 Å². The Hall–Kier alpha value is -1.13. The van der Waals surface area contributed by atoms with Gasteiger partial charge in [-0.1, -0.05) is 12.1 Å². The van der Waals surface area contributed by atoms with Crippen LogP contribution >= 0.6 is 0 Å². The number of aliphatic hydroxyl groups is 1. The van der Waals surface area contributed by atoms with Crippen LogP contribution in [0.4, 0.5) is 10.1 Å². The van der Waals surface area contributed by atoms with E-state index in [-0.39, 0.29) is 24.5 Å². The summed E-state index contributed by atoms with van der Waals surface area (Å²) >= 11 is 0. The summed E-state index contributed by atoms with van der Waals surface area (Å²) in [6.07, 6.45) is 0.949. The summed E-state index contributed by atoms with van der Waals surface area (Å²) in [5.41, 5.74) is 0.627. The molecule has 2 N–H and O–H groups in total. The molecule has 1 saturated heterocycles. The third-order valence-corrected chi connectivity index (χ3v) is 3.33. The Morgan fingerprint density at radius 2 is 2.24 bits per heavy atom. The molecule has 0 amide bonds. The van der Waals surface area contributed by atoms with E-state index in [1.165, 1.54) is 6.07 Å². The number of nitrogens with zero attached hydrogens (tertiary/aromatic N) is 1. The van der Waals surface area contributed by atoms with Gasteiger partial charge < -0.3 is 15.3 Å². The second kappa shape index (κ2) is 5.47. The fourth-order valence-corrected chi connectivity index (χ4v) is 2.28. The number of benzene rings is 1. The van der Waals surface area contributed by atoms with Crippen LogP contribution in [0.2, 0.25) is 0 Å². The SMILES string of the molecule is CC1CCNC(CO)CN1c1ccccc1F. The minimum Gasteiger partial charge on any atom is -0.395 e. The number of nitrogens with one attached hydrogen (secondary N) is 1. The average molecular weight is 238 g/mol. The van der Waals surface area contributed by atoms with E-state index in [2.05, 4.69) is 12.2 Å². The van der Waals surface area contributed by atoms with Gasteiger partial charge in [-0.25, -0.2) is 4.39 Å². The highest BCUT2D eigenvalue weighted by Gasteiger charge is 2.24. The van der Waals surface area contributed by atoms with Crippen LogP contribution in [-0.4, -0.2) is 36.9 Å². The summed E-state index contributed by atoms with van der Waals surface area (Å²) in [6.45, 7) is 3.67. The maximum absolute atomic E-state index is 13.8. The van der Waals surface area contributed by atoms with E-state index in [1.54, 1.807) is 12.1 Å². The summed E-state index contributed by atoms with van der Waals surface area (Å²) < 4.78 is 13.8. The molecule has 1 aromatic carbocycles. The first-order chi connectivity index (χ1) is 8.22. The highest BCUT2D eigenvalue weighted by Crippen LogP contribution is 2.23. The van der Waals surface area contributed by atoms with Gasteiger partial charge >= 0.3 is 0 Å². The van der Waals surface area contributed by atoms with E-state index in [0.29, 0.717) is 12.2 Å². The molecule has 1 fully saturated rings. The van der Waals surface area contributed by atoms with Gasteiger partial charge in [0, 0.05) is 18.6 Å². The number of anilines is 1. The molecule has 3 nitrogen and oxygen atoms in total. The van der Waals surface area contributed by atoms with Crippen molar-refractivity contribution < 1.29 is 9.50 Å². The summed E-state index contributed by atoms with van der Waals surface area (Å²) in [6, 6.07) is 7.11. The molecular formula is C13H19FN2O. The highest BCUT2D eigenvalue weighted by molar-refractivity contribution is 5.49. The van der Waals surface area contributed by atoms with Gasteiger partial charge in [0.05, 0.1) is 12.3 Å². The maximum Gasteiger partial charge on any atom is 0.146 e. The van der Waals surface area contributed by atoms with E-state index in [9.17, 15) is 9.50 Å². The van der Waals surface area contributed by atoms with Gasteiger partial charge in [-0.2, -0.15) is 0 Å². The van der Waals surface area contributed by atoms with Crippen LogP contribution in [0.3, 0.4) is 0 Å². The van der Waals surface area contributed by atoms with E-state index in [1.807, 2.05) is 11.0 Å². The predicted octanol–water partition coefficient (Wildman–Crippen LogP) is 1.37. The normalized spacial score (nSPS) is 25.7. The van der Waals surface area contributed by atoms with Crippen molar-refractivity contribution in [1.29, 1.82) is 0 Å². The lowest BCUT2D eigenvalue weighted by Crippen LogP contribution is -2.42. The van der Waals surface area contributed by atoms with Crippen molar-refractivity contribution in [3.8, 4) is 0 Å². The fraction of sp³-hybridized carbons (Fsp3) is 0.538. The Morgan fingerprint density at radius 1 is 1.47 bits per heavy atom. The minimum absolute atomic E-state index is 0.0135. The van der Waals surface area contributed by atoms with E-state index in [4.69, 9.17) is 0 Å². The summed E-state index contributed by atoms with van der Waals surface area (Å²) in [7, 11) is 0. The Balaban J connectivity index is 2.24. The van der Waals surface area contributed by atoms with Gasteiger partial charge in [0.15, 0.2) is 0 Å².